The van der Waals surface area contributed by atoms with Crippen LogP contribution in [0, 0.1) is 11.3 Å². The summed E-state index contributed by atoms with van der Waals surface area (Å²) in [5.74, 6) is 0.271. The molecular formula is C10H11N3O. The normalized spacial score (nSPS) is 14.3. The fraction of sp³-hybridized carbons (Fsp3) is 0.400. The van der Waals surface area contributed by atoms with Crippen LogP contribution < -0.4 is 5.48 Å². The van der Waals surface area contributed by atoms with Gasteiger partial charge in [-0.15, -0.1) is 0 Å². The fourth-order valence-corrected chi connectivity index (χ4v) is 1.80. The quantitative estimate of drug-likeness (QED) is 0.659. The molecular weight excluding hydrogens is 178 g/mol. The molecule has 72 valence electrons. The highest BCUT2D eigenvalue weighted by molar-refractivity contribution is 5.53. The predicted molar refractivity (Wildman–Crippen MR) is 51.0 cm³/mol. The van der Waals surface area contributed by atoms with Gasteiger partial charge in [0.05, 0.1) is 5.56 Å². The van der Waals surface area contributed by atoms with Gasteiger partial charge >= 0.3 is 0 Å². The highest BCUT2D eigenvalue weighted by atomic mass is 16.5. The van der Waals surface area contributed by atoms with Crippen molar-refractivity contribution in [1.82, 2.24) is 4.98 Å². The van der Waals surface area contributed by atoms with Crippen molar-refractivity contribution in [3.8, 4) is 6.07 Å². The van der Waals surface area contributed by atoms with Gasteiger partial charge in [0.15, 0.2) is 5.82 Å². The number of fused-ring (bicyclic) bond motifs is 1. The van der Waals surface area contributed by atoms with Gasteiger partial charge in [-0.3, -0.25) is 10.7 Å². The average molecular weight is 189 g/mol. The topological polar surface area (TPSA) is 68.9 Å². The minimum Gasteiger partial charge on any atom is -0.290 e. The number of aryl methyl sites for hydroxylation is 2. The number of anilines is 1. The van der Waals surface area contributed by atoms with Crippen LogP contribution in [0.3, 0.4) is 0 Å². The Morgan fingerprint density at radius 1 is 1.43 bits per heavy atom. The molecule has 2 N–H and O–H groups in total. The van der Waals surface area contributed by atoms with Crippen LogP contribution in [-0.4, -0.2) is 10.2 Å². The summed E-state index contributed by atoms with van der Waals surface area (Å²) in [4.78, 5) is 4.22. The second-order valence-corrected chi connectivity index (χ2v) is 3.42. The Morgan fingerprint density at radius 3 is 2.93 bits per heavy atom. The van der Waals surface area contributed by atoms with Crippen molar-refractivity contribution in [3.05, 3.63) is 22.9 Å². The number of pyridine rings is 1. The molecule has 0 radical (unpaired) electrons. The molecule has 0 aliphatic heterocycles. The number of hydrogen-bond donors (Lipinski definition) is 2. The summed E-state index contributed by atoms with van der Waals surface area (Å²) in [5, 5.41) is 17.6. The van der Waals surface area contributed by atoms with Crippen molar-refractivity contribution in [3.63, 3.8) is 0 Å². The van der Waals surface area contributed by atoms with Crippen LogP contribution >= 0.6 is 0 Å². The Kier molecular flexibility index (Phi) is 2.33. The van der Waals surface area contributed by atoms with Crippen LogP contribution in [0.15, 0.2) is 6.07 Å². The zero-order valence-electron chi connectivity index (χ0n) is 7.75. The Bertz CT molecular complexity index is 395. The van der Waals surface area contributed by atoms with Crippen LogP contribution in [-0.2, 0) is 12.8 Å². The van der Waals surface area contributed by atoms with E-state index in [-0.39, 0.29) is 5.82 Å². The third-order valence-corrected chi connectivity index (χ3v) is 2.53. The van der Waals surface area contributed by atoms with Gasteiger partial charge in [-0.1, -0.05) is 0 Å². The largest absolute Gasteiger partial charge is 0.290 e. The second-order valence-electron chi connectivity index (χ2n) is 3.42. The van der Waals surface area contributed by atoms with Crippen LogP contribution in [0.5, 0.6) is 0 Å². The lowest BCUT2D eigenvalue weighted by molar-refractivity contribution is 0.385. The summed E-state index contributed by atoms with van der Waals surface area (Å²) < 4.78 is 0. The Labute approximate surface area is 82.2 Å². The molecule has 1 aromatic heterocycles. The molecule has 0 aromatic carbocycles. The monoisotopic (exact) mass is 189 g/mol. The zero-order valence-corrected chi connectivity index (χ0v) is 7.75. The SMILES string of the molecule is N#Cc1cc2c(nc1NO)CCCC2. The van der Waals surface area contributed by atoms with Crippen molar-refractivity contribution in [2.75, 3.05) is 5.48 Å². The first-order valence-electron chi connectivity index (χ1n) is 4.68. The molecule has 0 bridgehead atoms. The van der Waals surface area contributed by atoms with Crippen molar-refractivity contribution >= 4 is 5.82 Å². The molecule has 0 unspecified atom stereocenters. The number of nitriles is 1. The maximum atomic E-state index is 8.81. The lowest BCUT2D eigenvalue weighted by Gasteiger charge is -2.15. The minimum absolute atomic E-state index is 0.271. The van der Waals surface area contributed by atoms with Crippen molar-refractivity contribution in [1.29, 1.82) is 5.26 Å². The lowest BCUT2D eigenvalue weighted by Crippen LogP contribution is -2.08. The molecule has 4 heteroatoms. The molecule has 1 aromatic rings. The van der Waals surface area contributed by atoms with Gasteiger partial charge in [-0.05, 0) is 37.3 Å². The van der Waals surface area contributed by atoms with Crippen LogP contribution in [0.25, 0.3) is 0 Å². The standard InChI is InChI=1S/C10H11N3O/c11-6-8-5-7-3-1-2-4-9(7)12-10(8)13-14/h5,14H,1-4H2,(H,12,13). The third kappa shape index (κ3) is 1.42. The average Bonchev–Trinajstić information content (AvgIpc) is 2.27. The maximum Gasteiger partial charge on any atom is 0.167 e. The second kappa shape index (κ2) is 3.64. The highest BCUT2D eigenvalue weighted by Crippen LogP contribution is 2.23. The fourth-order valence-electron chi connectivity index (χ4n) is 1.80. The number of rotatable bonds is 1. The first-order valence-corrected chi connectivity index (χ1v) is 4.68. The van der Waals surface area contributed by atoms with Crippen LogP contribution in [0.1, 0.15) is 29.7 Å². The van der Waals surface area contributed by atoms with Crippen LogP contribution in [0.2, 0.25) is 0 Å². The predicted octanol–water partition coefficient (Wildman–Crippen LogP) is 1.63. The summed E-state index contributed by atoms with van der Waals surface area (Å²) in [7, 11) is 0. The molecule has 0 saturated heterocycles. The molecule has 1 heterocycles. The maximum absolute atomic E-state index is 8.81. The number of nitrogens with one attached hydrogen (secondary N) is 1. The van der Waals surface area contributed by atoms with Crippen molar-refractivity contribution in [2.45, 2.75) is 25.7 Å². The minimum atomic E-state index is 0.271. The molecule has 1 aliphatic carbocycles. The van der Waals surface area contributed by atoms with Gasteiger partial charge in [0.1, 0.15) is 6.07 Å². The molecule has 0 atom stereocenters. The van der Waals surface area contributed by atoms with Gasteiger partial charge in [0, 0.05) is 5.69 Å². The Morgan fingerprint density at radius 2 is 2.21 bits per heavy atom. The Balaban J connectivity index is 2.50. The molecule has 0 fully saturated rings. The molecule has 2 rings (SSSR count). The summed E-state index contributed by atoms with van der Waals surface area (Å²) in [6.45, 7) is 0. The van der Waals surface area contributed by atoms with E-state index in [0.29, 0.717) is 5.56 Å². The van der Waals surface area contributed by atoms with Gasteiger partial charge in [0.25, 0.3) is 0 Å². The molecule has 0 amide bonds. The molecule has 0 spiro atoms. The lowest BCUT2D eigenvalue weighted by atomic mass is 9.95. The van der Waals surface area contributed by atoms with E-state index in [1.165, 1.54) is 0 Å². The molecule has 14 heavy (non-hydrogen) atoms. The molecule has 4 nitrogen and oxygen atoms in total. The van der Waals surface area contributed by atoms with E-state index in [4.69, 9.17) is 10.5 Å². The number of nitrogens with zero attached hydrogens (tertiary/aromatic N) is 2. The van der Waals surface area contributed by atoms with Gasteiger partial charge in [-0.2, -0.15) is 5.26 Å². The molecule has 1 aliphatic rings. The summed E-state index contributed by atoms with van der Waals surface area (Å²) in [6, 6.07) is 3.83. The van der Waals surface area contributed by atoms with E-state index in [1.807, 2.05) is 17.6 Å². The van der Waals surface area contributed by atoms with Crippen molar-refractivity contribution in [2.24, 2.45) is 0 Å². The summed E-state index contributed by atoms with van der Waals surface area (Å²) in [6.07, 6.45) is 4.22. The number of aromatic nitrogens is 1. The third-order valence-electron chi connectivity index (χ3n) is 2.53. The smallest absolute Gasteiger partial charge is 0.167 e. The van der Waals surface area contributed by atoms with E-state index >= 15 is 0 Å². The number of hydrogen-bond acceptors (Lipinski definition) is 4. The van der Waals surface area contributed by atoms with E-state index in [2.05, 4.69) is 4.98 Å². The van der Waals surface area contributed by atoms with E-state index in [9.17, 15) is 0 Å². The van der Waals surface area contributed by atoms with E-state index in [1.54, 1.807) is 0 Å². The summed E-state index contributed by atoms with van der Waals surface area (Å²) in [5.41, 5.74) is 4.52. The van der Waals surface area contributed by atoms with Gasteiger partial charge < -0.3 is 0 Å². The Hall–Kier alpha value is -1.60. The summed E-state index contributed by atoms with van der Waals surface area (Å²) >= 11 is 0. The van der Waals surface area contributed by atoms with Gasteiger partial charge in [0.2, 0.25) is 0 Å². The first-order chi connectivity index (χ1) is 6.85. The van der Waals surface area contributed by atoms with Crippen molar-refractivity contribution < 1.29 is 5.21 Å². The zero-order chi connectivity index (χ0) is 9.97. The highest BCUT2D eigenvalue weighted by Gasteiger charge is 2.14. The van der Waals surface area contributed by atoms with E-state index in [0.717, 1.165) is 36.9 Å². The van der Waals surface area contributed by atoms with Gasteiger partial charge in [-0.25, -0.2) is 4.98 Å². The van der Waals surface area contributed by atoms with Crippen LogP contribution in [0.4, 0.5) is 5.82 Å². The first kappa shape index (κ1) is 8.97. The molecule has 0 saturated carbocycles. The van der Waals surface area contributed by atoms with E-state index < -0.39 is 0 Å².